The van der Waals surface area contributed by atoms with Gasteiger partial charge in [-0.2, -0.15) is 4.31 Å². The third-order valence-electron chi connectivity index (χ3n) is 7.10. The van der Waals surface area contributed by atoms with Gasteiger partial charge >= 0.3 is 0 Å². The van der Waals surface area contributed by atoms with Gasteiger partial charge in [-0.05, 0) is 37.8 Å². The van der Waals surface area contributed by atoms with Crippen LogP contribution in [0.2, 0.25) is 5.02 Å². The first-order valence-corrected chi connectivity index (χ1v) is 13.9. The molecule has 6 nitrogen and oxygen atoms in total. The summed E-state index contributed by atoms with van der Waals surface area (Å²) in [5.74, 6) is 0.779. The van der Waals surface area contributed by atoms with Crippen LogP contribution >= 0.6 is 11.6 Å². The third-order valence-corrected chi connectivity index (χ3v) is 9.57. The molecule has 0 amide bonds. The molecular weight excluding hydrogens is 448 g/mol. The number of hydrogen-bond acceptors (Lipinski definition) is 5. The summed E-state index contributed by atoms with van der Waals surface area (Å²) in [7, 11) is -1.61. The van der Waals surface area contributed by atoms with Gasteiger partial charge in [0.2, 0.25) is 10.0 Å². The number of carbonyl (C=O) groups excluding carboxylic acids is 1. The maximum atomic E-state index is 13.1. The van der Waals surface area contributed by atoms with Gasteiger partial charge in [0.05, 0.1) is 17.9 Å². The smallest absolute Gasteiger partial charge is 0.214 e. The number of ketones is 1. The van der Waals surface area contributed by atoms with E-state index in [4.69, 9.17) is 16.3 Å². The zero-order valence-corrected chi connectivity index (χ0v) is 21.0. The number of carbonyl (C=O) groups is 1. The lowest BCUT2D eigenvalue weighted by molar-refractivity contribution is 0.0320. The van der Waals surface area contributed by atoms with Crippen LogP contribution in [0.4, 0.5) is 0 Å². The van der Waals surface area contributed by atoms with Crippen LogP contribution in [0.15, 0.2) is 18.2 Å². The van der Waals surface area contributed by atoms with Crippen molar-refractivity contribution in [1.82, 2.24) is 9.21 Å². The second-order valence-electron chi connectivity index (χ2n) is 9.09. The molecule has 1 aliphatic carbocycles. The average molecular weight is 485 g/mol. The minimum atomic E-state index is -3.16. The van der Waals surface area contributed by atoms with Gasteiger partial charge in [0.25, 0.3) is 0 Å². The standard InChI is InChI=1S/C24H37ClN2O4S/c1-3-19-32(29,30)27-17-15-26(16-18-27)24(12-6-4-5-7-13-24)14-11-21(28)20-9-8-10-22(31-2)23(20)25/h8-10H,3-7,11-19H2,1-2H3. The second kappa shape index (κ2) is 11.3. The van der Waals surface area contributed by atoms with E-state index < -0.39 is 10.0 Å². The van der Waals surface area contributed by atoms with Crippen LogP contribution in [0.3, 0.4) is 0 Å². The summed E-state index contributed by atoms with van der Waals surface area (Å²) in [6.07, 6.45) is 8.74. The van der Waals surface area contributed by atoms with E-state index in [1.807, 2.05) is 6.92 Å². The summed E-state index contributed by atoms with van der Waals surface area (Å²) in [6, 6.07) is 5.33. The Hall–Kier alpha value is -1.15. The molecule has 1 saturated carbocycles. The monoisotopic (exact) mass is 484 g/mol. The first-order valence-electron chi connectivity index (χ1n) is 11.9. The maximum absolute atomic E-state index is 13.1. The quantitative estimate of drug-likeness (QED) is 0.373. The molecule has 0 radical (unpaired) electrons. The van der Waals surface area contributed by atoms with Gasteiger partial charge in [-0.1, -0.05) is 50.3 Å². The van der Waals surface area contributed by atoms with Crippen molar-refractivity contribution in [3.63, 3.8) is 0 Å². The normalized spacial score (nSPS) is 20.6. The Bertz CT molecular complexity index is 874. The van der Waals surface area contributed by atoms with Gasteiger partial charge in [0.1, 0.15) is 5.75 Å². The average Bonchev–Trinajstić information content (AvgIpc) is 3.04. The summed E-state index contributed by atoms with van der Waals surface area (Å²) in [5.41, 5.74) is 0.475. The van der Waals surface area contributed by atoms with Crippen molar-refractivity contribution in [2.24, 2.45) is 0 Å². The summed E-state index contributed by atoms with van der Waals surface area (Å²) in [5, 5.41) is 0.379. The second-order valence-corrected chi connectivity index (χ2v) is 11.6. The molecule has 2 aliphatic rings. The summed E-state index contributed by atoms with van der Waals surface area (Å²) in [4.78, 5) is 15.6. The Labute approximate surface area is 198 Å². The first kappa shape index (κ1) is 25.5. The highest BCUT2D eigenvalue weighted by Crippen LogP contribution is 2.38. The highest BCUT2D eigenvalue weighted by molar-refractivity contribution is 7.89. The highest BCUT2D eigenvalue weighted by Gasteiger charge is 2.40. The maximum Gasteiger partial charge on any atom is 0.214 e. The van der Waals surface area contributed by atoms with Crippen molar-refractivity contribution < 1.29 is 17.9 Å². The molecule has 1 heterocycles. The van der Waals surface area contributed by atoms with Crippen LogP contribution in [0.5, 0.6) is 5.75 Å². The Kier molecular flexibility index (Phi) is 9.01. The van der Waals surface area contributed by atoms with Gasteiger partial charge in [-0.3, -0.25) is 9.69 Å². The van der Waals surface area contributed by atoms with Crippen LogP contribution in [-0.4, -0.2) is 68.0 Å². The van der Waals surface area contributed by atoms with E-state index in [0.29, 0.717) is 42.3 Å². The number of ether oxygens (including phenoxy) is 1. The topological polar surface area (TPSA) is 66.9 Å². The lowest BCUT2D eigenvalue weighted by Gasteiger charge is -2.48. The molecule has 0 N–H and O–H groups in total. The van der Waals surface area contributed by atoms with E-state index >= 15 is 0 Å². The Morgan fingerprint density at radius 1 is 1.09 bits per heavy atom. The molecule has 0 bridgehead atoms. The molecule has 32 heavy (non-hydrogen) atoms. The molecule has 1 saturated heterocycles. The molecule has 0 unspecified atom stereocenters. The van der Waals surface area contributed by atoms with Crippen LogP contribution in [-0.2, 0) is 10.0 Å². The number of hydrogen-bond donors (Lipinski definition) is 0. The van der Waals surface area contributed by atoms with Gasteiger partial charge in [-0.25, -0.2) is 8.42 Å². The van der Waals surface area contributed by atoms with E-state index in [1.165, 1.54) is 12.8 Å². The molecule has 2 fully saturated rings. The van der Waals surface area contributed by atoms with Crippen molar-refractivity contribution in [2.75, 3.05) is 39.0 Å². The largest absolute Gasteiger partial charge is 0.495 e. The van der Waals surface area contributed by atoms with Crippen LogP contribution in [0.1, 0.15) is 75.1 Å². The number of sulfonamides is 1. The number of rotatable bonds is 9. The van der Waals surface area contributed by atoms with Crippen LogP contribution in [0, 0.1) is 0 Å². The van der Waals surface area contributed by atoms with Gasteiger partial charge < -0.3 is 4.74 Å². The minimum absolute atomic E-state index is 0.0432. The van der Waals surface area contributed by atoms with E-state index in [-0.39, 0.29) is 17.1 Å². The molecule has 1 aromatic rings. The number of Topliss-reactive ketones (excluding diaryl/α,β-unsaturated/α-hetero) is 1. The van der Waals surface area contributed by atoms with Crippen LogP contribution in [0.25, 0.3) is 0 Å². The van der Waals surface area contributed by atoms with Crippen molar-refractivity contribution in [1.29, 1.82) is 0 Å². The molecule has 0 spiro atoms. The fourth-order valence-corrected chi connectivity index (χ4v) is 7.11. The molecule has 1 aromatic carbocycles. The number of piperazine rings is 1. The van der Waals surface area contributed by atoms with Gasteiger partial charge in [0, 0.05) is 43.7 Å². The number of halogens is 1. The lowest BCUT2D eigenvalue weighted by Crippen LogP contribution is -2.58. The zero-order valence-electron chi connectivity index (χ0n) is 19.4. The number of benzene rings is 1. The summed E-state index contributed by atoms with van der Waals surface area (Å²) in [6.45, 7) is 4.45. The highest BCUT2D eigenvalue weighted by atomic mass is 35.5. The number of nitrogens with zero attached hydrogens (tertiary/aromatic N) is 2. The number of methoxy groups -OCH3 is 1. The predicted octanol–water partition coefficient (Wildman–Crippen LogP) is 4.76. The van der Waals surface area contributed by atoms with E-state index in [1.54, 1.807) is 29.6 Å². The van der Waals surface area contributed by atoms with Gasteiger partial charge in [0.15, 0.2) is 5.78 Å². The fourth-order valence-electron chi connectivity index (χ4n) is 5.30. The molecule has 8 heteroatoms. The van der Waals surface area contributed by atoms with E-state index in [2.05, 4.69) is 4.90 Å². The summed E-state index contributed by atoms with van der Waals surface area (Å²) >= 11 is 6.40. The van der Waals surface area contributed by atoms with Crippen molar-refractivity contribution in [2.45, 2.75) is 70.3 Å². The van der Waals surface area contributed by atoms with Gasteiger partial charge in [-0.15, -0.1) is 0 Å². The van der Waals surface area contributed by atoms with Crippen molar-refractivity contribution in [3.8, 4) is 5.75 Å². The molecule has 0 aromatic heterocycles. The molecule has 180 valence electrons. The Morgan fingerprint density at radius 3 is 2.34 bits per heavy atom. The molecule has 0 atom stereocenters. The van der Waals surface area contributed by atoms with Crippen molar-refractivity contribution >= 4 is 27.4 Å². The lowest BCUT2D eigenvalue weighted by atomic mass is 9.82. The van der Waals surface area contributed by atoms with Crippen LogP contribution < -0.4 is 4.74 Å². The van der Waals surface area contributed by atoms with Crippen molar-refractivity contribution in [3.05, 3.63) is 28.8 Å². The van der Waals surface area contributed by atoms with E-state index in [0.717, 1.165) is 45.2 Å². The zero-order chi connectivity index (χ0) is 23.2. The molecule has 3 rings (SSSR count). The molecular formula is C24H37ClN2O4S. The SMILES string of the molecule is CCCS(=O)(=O)N1CCN(C2(CCC(=O)c3cccc(OC)c3Cl)CCCCCC2)CC1. The fraction of sp³-hybridized carbons (Fsp3) is 0.708. The van der Waals surface area contributed by atoms with E-state index in [9.17, 15) is 13.2 Å². The summed E-state index contributed by atoms with van der Waals surface area (Å²) < 4.78 is 31.9. The Morgan fingerprint density at radius 2 is 1.75 bits per heavy atom. The predicted molar refractivity (Wildman–Crippen MR) is 129 cm³/mol. The minimum Gasteiger partial charge on any atom is -0.495 e. The third kappa shape index (κ3) is 5.85. The molecule has 1 aliphatic heterocycles. The Balaban J connectivity index is 1.72. The first-order chi connectivity index (χ1) is 15.3.